The number of aromatic nitrogens is 2. The van der Waals surface area contributed by atoms with Gasteiger partial charge in [0.2, 0.25) is 0 Å². The summed E-state index contributed by atoms with van der Waals surface area (Å²) in [5, 5.41) is 1.77. The maximum atomic E-state index is 11.9. The van der Waals surface area contributed by atoms with Crippen molar-refractivity contribution in [3.05, 3.63) is 20.8 Å². The average Bonchev–Trinajstić information content (AvgIpc) is 1.97. The molecule has 0 unspecified atom stereocenters. The number of rotatable bonds is 2. The third kappa shape index (κ3) is 2.62. The van der Waals surface area contributed by atoms with E-state index in [1.807, 2.05) is 0 Å². The Kier molecular flexibility index (Phi) is 3.17. The van der Waals surface area contributed by atoms with Gasteiger partial charge in [0, 0.05) is 10.5 Å². The van der Waals surface area contributed by atoms with Gasteiger partial charge in [0.25, 0.3) is 5.56 Å². The topological polar surface area (TPSA) is 65.7 Å². The van der Waals surface area contributed by atoms with Gasteiger partial charge in [-0.1, -0.05) is 39.3 Å². The minimum atomic E-state index is -1.73. The zero-order chi connectivity index (χ0) is 12.7. The summed E-state index contributed by atoms with van der Waals surface area (Å²) in [6.45, 7) is 12.8. The van der Waals surface area contributed by atoms with Crippen molar-refractivity contribution in [1.82, 2.24) is 9.97 Å². The summed E-state index contributed by atoms with van der Waals surface area (Å²) in [5.74, 6) is 0. The van der Waals surface area contributed by atoms with Crippen molar-refractivity contribution in [2.45, 2.75) is 39.3 Å². The van der Waals surface area contributed by atoms with Crippen molar-refractivity contribution >= 4 is 26.7 Å². The predicted molar refractivity (Wildman–Crippen MR) is 73.6 cm³/mol. The Labute approximate surface area is 97.1 Å². The number of nitrogens with one attached hydrogen (secondary N) is 2. The molecule has 90 valence electrons. The summed E-state index contributed by atoms with van der Waals surface area (Å²) in [5.41, 5.74) is -0.579. The molecule has 6 heteroatoms. The normalized spacial score (nSPS) is 12.9. The summed E-state index contributed by atoms with van der Waals surface area (Å²) in [6, 6.07) is 0. The highest BCUT2D eigenvalue weighted by Crippen LogP contribution is 2.01. The zero-order valence-corrected chi connectivity index (χ0v) is 12.8. The first-order chi connectivity index (χ1) is 7.03. The van der Waals surface area contributed by atoms with Crippen LogP contribution in [0.5, 0.6) is 0 Å². The molecule has 16 heavy (non-hydrogen) atoms. The third-order valence-corrected chi connectivity index (χ3v) is 6.54. The quantitative estimate of drug-likeness (QED) is 0.740. The van der Waals surface area contributed by atoms with Crippen LogP contribution in [0.2, 0.25) is 39.3 Å². The smallest absolute Gasteiger partial charge is 0.315 e. The first-order valence-corrected chi connectivity index (χ1v) is 12.4. The zero-order valence-electron chi connectivity index (χ0n) is 10.8. The van der Waals surface area contributed by atoms with E-state index in [0.29, 0.717) is 0 Å². The van der Waals surface area contributed by atoms with Crippen molar-refractivity contribution in [3.8, 4) is 0 Å². The molecule has 0 aliphatic rings. The van der Waals surface area contributed by atoms with Crippen molar-refractivity contribution in [3.63, 3.8) is 0 Å². The summed E-state index contributed by atoms with van der Waals surface area (Å²) in [4.78, 5) is 28.5. The van der Waals surface area contributed by atoms with E-state index in [9.17, 15) is 9.59 Å². The van der Waals surface area contributed by atoms with E-state index in [1.54, 1.807) is 0 Å². The van der Waals surface area contributed by atoms with E-state index < -0.39 is 16.1 Å². The Morgan fingerprint density at radius 1 is 0.812 bits per heavy atom. The summed E-state index contributed by atoms with van der Waals surface area (Å²) >= 11 is 0. The molecule has 1 heterocycles. The largest absolute Gasteiger partial charge is 0.325 e. The molecule has 0 bridgehead atoms. The van der Waals surface area contributed by atoms with E-state index >= 15 is 0 Å². The van der Waals surface area contributed by atoms with E-state index in [4.69, 9.17) is 0 Å². The Bertz CT molecular complexity index is 503. The molecule has 0 saturated heterocycles. The Morgan fingerprint density at radius 3 is 1.69 bits per heavy atom. The molecule has 0 radical (unpaired) electrons. The SMILES string of the molecule is C[Si](C)(C)c1[nH]c(=O)[nH]c(=O)c1[Si](C)(C)C. The predicted octanol–water partition coefficient (Wildman–Crippen LogP) is 0.154. The van der Waals surface area contributed by atoms with E-state index in [2.05, 4.69) is 49.3 Å². The highest BCUT2D eigenvalue weighted by Gasteiger charge is 2.31. The molecule has 0 fully saturated rings. The number of H-pyrrole nitrogens is 2. The van der Waals surface area contributed by atoms with Crippen LogP contribution in [0.3, 0.4) is 0 Å². The molecule has 0 saturated carbocycles. The molecule has 0 amide bonds. The molecular formula is C10H20N2O2Si2. The van der Waals surface area contributed by atoms with Gasteiger partial charge in [0.15, 0.2) is 0 Å². The van der Waals surface area contributed by atoms with Crippen LogP contribution in [0.25, 0.3) is 0 Å². The van der Waals surface area contributed by atoms with E-state index in [-0.39, 0.29) is 11.2 Å². The molecule has 1 aromatic heterocycles. The summed E-state index contributed by atoms with van der Waals surface area (Å²) < 4.78 is 0. The minimum Gasteiger partial charge on any atom is -0.315 e. The molecule has 4 nitrogen and oxygen atoms in total. The van der Waals surface area contributed by atoms with Gasteiger partial charge >= 0.3 is 5.69 Å². The lowest BCUT2D eigenvalue weighted by molar-refractivity contribution is 1.06. The molecule has 0 aromatic carbocycles. The lowest BCUT2D eigenvalue weighted by atomic mass is 10.6. The van der Waals surface area contributed by atoms with Crippen LogP contribution >= 0.6 is 0 Å². The van der Waals surface area contributed by atoms with Crippen LogP contribution in [0.4, 0.5) is 0 Å². The molecule has 0 aliphatic heterocycles. The maximum absolute atomic E-state index is 11.9. The molecular weight excluding hydrogens is 236 g/mol. The fourth-order valence-corrected chi connectivity index (χ4v) is 6.92. The van der Waals surface area contributed by atoms with Crippen LogP contribution in [-0.4, -0.2) is 26.1 Å². The highest BCUT2D eigenvalue weighted by molar-refractivity contribution is 6.97. The third-order valence-electron chi connectivity index (χ3n) is 2.44. The van der Waals surface area contributed by atoms with Crippen molar-refractivity contribution in [2.24, 2.45) is 0 Å². The second-order valence-corrected chi connectivity index (χ2v) is 16.2. The summed E-state index contributed by atoms with van der Waals surface area (Å²) in [7, 11) is -3.43. The number of aromatic amines is 2. The standard InChI is InChI=1S/C10H20N2O2Si2/c1-15(2,3)7-8(13)11-10(14)12-9(7)16(4,5)6/h1-6H3,(H2,11,12,13,14). The van der Waals surface area contributed by atoms with Gasteiger partial charge in [-0.2, -0.15) is 0 Å². The van der Waals surface area contributed by atoms with Crippen molar-refractivity contribution in [2.75, 3.05) is 0 Å². The molecule has 1 aromatic rings. The lowest BCUT2D eigenvalue weighted by Crippen LogP contribution is -2.66. The second kappa shape index (κ2) is 3.85. The Hall–Kier alpha value is -0.886. The molecule has 2 N–H and O–H groups in total. The van der Waals surface area contributed by atoms with Gasteiger partial charge in [0.1, 0.15) is 0 Å². The van der Waals surface area contributed by atoms with Gasteiger partial charge in [-0.3, -0.25) is 9.78 Å². The molecule has 0 aliphatic carbocycles. The highest BCUT2D eigenvalue weighted by atomic mass is 28.3. The first kappa shape index (κ1) is 13.2. The van der Waals surface area contributed by atoms with E-state index in [1.165, 1.54) is 0 Å². The minimum absolute atomic E-state index is 0.194. The molecule has 0 atom stereocenters. The lowest BCUT2D eigenvalue weighted by Gasteiger charge is -2.25. The first-order valence-electron chi connectivity index (χ1n) is 5.41. The molecule has 1 rings (SSSR count). The number of hydrogen-bond donors (Lipinski definition) is 2. The van der Waals surface area contributed by atoms with Crippen LogP contribution in [0.15, 0.2) is 9.59 Å². The van der Waals surface area contributed by atoms with Gasteiger partial charge in [-0.25, -0.2) is 4.79 Å². The molecule has 0 spiro atoms. The van der Waals surface area contributed by atoms with Crippen molar-refractivity contribution in [1.29, 1.82) is 0 Å². The van der Waals surface area contributed by atoms with Gasteiger partial charge in [0.05, 0.1) is 16.1 Å². The Balaban J connectivity index is 3.72. The van der Waals surface area contributed by atoms with Crippen LogP contribution in [-0.2, 0) is 0 Å². The van der Waals surface area contributed by atoms with Crippen molar-refractivity contribution < 1.29 is 0 Å². The van der Waals surface area contributed by atoms with Crippen LogP contribution < -0.4 is 21.8 Å². The fraction of sp³-hybridized carbons (Fsp3) is 0.600. The second-order valence-electron chi connectivity index (χ2n) is 6.16. The monoisotopic (exact) mass is 256 g/mol. The Morgan fingerprint density at radius 2 is 1.31 bits per heavy atom. The van der Waals surface area contributed by atoms with Gasteiger partial charge in [-0.15, -0.1) is 0 Å². The van der Waals surface area contributed by atoms with Crippen LogP contribution in [0, 0.1) is 0 Å². The fourth-order valence-electron chi connectivity index (χ4n) is 1.76. The number of hydrogen-bond acceptors (Lipinski definition) is 2. The van der Waals surface area contributed by atoms with Crippen LogP contribution in [0.1, 0.15) is 0 Å². The maximum Gasteiger partial charge on any atom is 0.325 e. The summed E-state index contributed by atoms with van der Waals surface area (Å²) in [6.07, 6.45) is 0. The average molecular weight is 256 g/mol. The van der Waals surface area contributed by atoms with Gasteiger partial charge in [-0.05, 0) is 0 Å². The van der Waals surface area contributed by atoms with Gasteiger partial charge < -0.3 is 4.98 Å². The van der Waals surface area contributed by atoms with E-state index in [0.717, 1.165) is 10.5 Å².